The van der Waals surface area contributed by atoms with Crippen molar-refractivity contribution in [3.63, 3.8) is 0 Å². The quantitative estimate of drug-likeness (QED) is 0.890. The molecule has 7 nitrogen and oxygen atoms in total. The summed E-state index contributed by atoms with van der Waals surface area (Å²) < 4.78 is 41.4. The molecule has 2 aromatic rings. The van der Waals surface area contributed by atoms with Gasteiger partial charge in [0.1, 0.15) is 5.69 Å². The summed E-state index contributed by atoms with van der Waals surface area (Å²) in [5.74, 6) is -3.39. The van der Waals surface area contributed by atoms with Crippen molar-refractivity contribution in [2.75, 3.05) is 0 Å². The van der Waals surface area contributed by atoms with Gasteiger partial charge in [-0.1, -0.05) is 12.1 Å². The Morgan fingerprint density at radius 1 is 1.27 bits per heavy atom. The lowest BCUT2D eigenvalue weighted by molar-refractivity contribution is -0.274. The molecule has 10 heteroatoms. The average molecular weight is 316 g/mol. The Labute approximate surface area is 119 Å². The first kappa shape index (κ1) is 15.4. The maximum atomic E-state index is 12.3. The fourth-order valence-corrected chi connectivity index (χ4v) is 1.60. The van der Waals surface area contributed by atoms with Crippen LogP contribution in [0.4, 0.5) is 13.2 Å². The molecule has 0 saturated heterocycles. The minimum Gasteiger partial charge on any atom is -0.503 e. The molecule has 1 aromatic heterocycles. The van der Waals surface area contributed by atoms with E-state index >= 15 is 0 Å². The van der Waals surface area contributed by atoms with Gasteiger partial charge < -0.3 is 14.9 Å². The lowest BCUT2D eigenvalue weighted by Gasteiger charge is -2.14. The van der Waals surface area contributed by atoms with Crippen molar-refractivity contribution in [3.05, 3.63) is 46.4 Å². The van der Waals surface area contributed by atoms with Gasteiger partial charge >= 0.3 is 12.3 Å². The minimum atomic E-state index is -4.98. The van der Waals surface area contributed by atoms with Gasteiger partial charge in [-0.05, 0) is 12.1 Å². The van der Waals surface area contributed by atoms with Crippen LogP contribution in [0.15, 0.2) is 35.3 Å². The molecule has 0 fully saturated rings. The third-order valence-corrected chi connectivity index (χ3v) is 2.44. The summed E-state index contributed by atoms with van der Waals surface area (Å²) in [6, 6.07) is 4.71. The molecule has 22 heavy (non-hydrogen) atoms. The average Bonchev–Trinajstić information content (AvgIpc) is 2.40. The van der Waals surface area contributed by atoms with E-state index in [1.165, 1.54) is 12.1 Å². The van der Waals surface area contributed by atoms with Crippen LogP contribution < -0.4 is 10.2 Å². The molecule has 0 spiro atoms. The van der Waals surface area contributed by atoms with Gasteiger partial charge in [0.25, 0.3) is 5.43 Å². The number of nitrogens with zero attached hydrogens (tertiary/aromatic N) is 2. The number of alkyl halides is 3. The summed E-state index contributed by atoms with van der Waals surface area (Å²) >= 11 is 0. The Morgan fingerprint density at radius 2 is 1.91 bits per heavy atom. The standard InChI is InChI=1S/C12H7F3N2O5/c13-12(14,15)22-8-4-2-1-3-6(8)17-5-7(18)10(19)9(16-17)11(20)21/h1-5,18H,(H,20,21). The molecule has 0 amide bonds. The van der Waals surface area contributed by atoms with Gasteiger partial charge in [-0.15, -0.1) is 13.2 Å². The van der Waals surface area contributed by atoms with E-state index in [1.807, 2.05) is 0 Å². The van der Waals surface area contributed by atoms with E-state index < -0.39 is 35.0 Å². The fourth-order valence-electron chi connectivity index (χ4n) is 1.60. The molecule has 1 aromatic carbocycles. The lowest BCUT2D eigenvalue weighted by Crippen LogP contribution is -2.22. The minimum absolute atomic E-state index is 0.308. The molecule has 0 aliphatic rings. The number of carbonyl (C=O) groups is 1. The Balaban J connectivity index is 2.63. The van der Waals surface area contributed by atoms with Gasteiger partial charge in [0, 0.05) is 0 Å². The molecule has 0 atom stereocenters. The third kappa shape index (κ3) is 3.16. The van der Waals surface area contributed by atoms with Crippen LogP contribution in [0, 0.1) is 0 Å². The smallest absolute Gasteiger partial charge is 0.503 e. The van der Waals surface area contributed by atoms with Crippen molar-refractivity contribution in [2.45, 2.75) is 6.36 Å². The first-order chi connectivity index (χ1) is 10.2. The Kier molecular flexibility index (Phi) is 3.76. The van der Waals surface area contributed by atoms with E-state index in [0.29, 0.717) is 10.9 Å². The molecule has 1 heterocycles. The van der Waals surface area contributed by atoms with Gasteiger partial charge in [0.15, 0.2) is 11.5 Å². The number of aromatic carboxylic acids is 1. The highest BCUT2D eigenvalue weighted by atomic mass is 19.4. The zero-order chi connectivity index (χ0) is 16.5. The van der Waals surface area contributed by atoms with E-state index in [4.69, 9.17) is 5.11 Å². The summed E-state index contributed by atoms with van der Waals surface area (Å²) in [5.41, 5.74) is -2.60. The van der Waals surface area contributed by atoms with E-state index in [0.717, 1.165) is 12.1 Å². The molecule has 0 saturated carbocycles. The monoisotopic (exact) mass is 316 g/mol. The second-order valence-corrected chi connectivity index (χ2v) is 3.96. The first-order valence-electron chi connectivity index (χ1n) is 5.60. The van der Waals surface area contributed by atoms with Crippen molar-refractivity contribution >= 4 is 5.97 Å². The second-order valence-electron chi connectivity index (χ2n) is 3.96. The second kappa shape index (κ2) is 5.39. The van der Waals surface area contributed by atoms with Crippen molar-refractivity contribution in [1.82, 2.24) is 9.78 Å². The summed E-state index contributed by atoms with van der Waals surface area (Å²) in [4.78, 5) is 22.3. The molecule has 2 N–H and O–H groups in total. The maximum absolute atomic E-state index is 12.3. The molecule has 0 unspecified atom stereocenters. The van der Waals surface area contributed by atoms with Crippen molar-refractivity contribution in [2.24, 2.45) is 0 Å². The van der Waals surface area contributed by atoms with Crippen LogP contribution in [0.5, 0.6) is 11.5 Å². The number of ether oxygens (including phenoxy) is 1. The van der Waals surface area contributed by atoms with E-state index in [1.54, 1.807) is 0 Å². The van der Waals surface area contributed by atoms with Crippen molar-refractivity contribution in [3.8, 4) is 17.2 Å². The van der Waals surface area contributed by atoms with Crippen LogP contribution >= 0.6 is 0 Å². The topological polar surface area (TPSA) is 102 Å². The number of aromatic hydroxyl groups is 1. The normalized spacial score (nSPS) is 11.2. The van der Waals surface area contributed by atoms with Gasteiger partial charge in [-0.25, -0.2) is 9.48 Å². The van der Waals surface area contributed by atoms with Gasteiger partial charge in [-0.3, -0.25) is 4.79 Å². The van der Waals surface area contributed by atoms with Crippen LogP contribution in [-0.4, -0.2) is 32.3 Å². The molecule has 0 aliphatic heterocycles. The molecule has 0 bridgehead atoms. The van der Waals surface area contributed by atoms with Crippen LogP contribution in [0.25, 0.3) is 5.69 Å². The highest BCUT2D eigenvalue weighted by molar-refractivity contribution is 5.85. The summed E-state index contributed by atoms with van der Waals surface area (Å²) in [6.07, 6.45) is -4.29. The van der Waals surface area contributed by atoms with E-state index in [-0.39, 0.29) is 5.69 Å². The predicted molar refractivity (Wildman–Crippen MR) is 65.1 cm³/mol. The van der Waals surface area contributed by atoms with Crippen LogP contribution in [0.2, 0.25) is 0 Å². The van der Waals surface area contributed by atoms with Gasteiger partial charge in [0.05, 0.1) is 6.20 Å². The SMILES string of the molecule is O=C(O)c1nn(-c2ccccc2OC(F)(F)F)cc(O)c1=O. The highest BCUT2D eigenvalue weighted by Gasteiger charge is 2.32. The van der Waals surface area contributed by atoms with Crippen molar-refractivity contribution < 1.29 is 32.9 Å². The molecule has 2 rings (SSSR count). The number of benzene rings is 1. The fraction of sp³-hybridized carbons (Fsp3) is 0.0833. The number of carboxylic acid groups (broad SMARTS) is 1. The van der Waals surface area contributed by atoms with Crippen molar-refractivity contribution in [1.29, 1.82) is 0 Å². The number of rotatable bonds is 3. The zero-order valence-electron chi connectivity index (χ0n) is 10.5. The molecular formula is C12H7F3N2O5. The molecule has 0 radical (unpaired) electrons. The van der Waals surface area contributed by atoms with E-state index in [2.05, 4.69) is 9.84 Å². The zero-order valence-corrected chi connectivity index (χ0v) is 10.5. The molecular weight excluding hydrogens is 309 g/mol. The first-order valence-corrected chi connectivity index (χ1v) is 5.60. The Hall–Kier alpha value is -3.04. The summed E-state index contributed by atoms with van der Waals surface area (Å²) in [7, 11) is 0. The number of hydrogen-bond donors (Lipinski definition) is 2. The predicted octanol–water partition coefficient (Wildman–Crippen LogP) is 1.53. The van der Waals surface area contributed by atoms with E-state index in [9.17, 15) is 27.9 Å². The number of aromatic nitrogens is 2. The Morgan fingerprint density at radius 3 is 2.50 bits per heavy atom. The number of para-hydroxylation sites is 2. The molecule has 116 valence electrons. The number of carboxylic acids is 1. The summed E-state index contributed by atoms with van der Waals surface area (Å²) in [6.45, 7) is 0. The Bertz CT molecular complexity index is 785. The highest BCUT2D eigenvalue weighted by Crippen LogP contribution is 2.28. The summed E-state index contributed by atoms with van der Waals surface area (Å²) in [5, 5.41) is 21.6. The number of hydrogen-bond acceptors (Lipinski definition) is 5. The third-order valence-electron chi connectivity index (χ3n) is 2.44. The maximum Gasteiger partial charge on any atom is 0.573 e. The van der Waals surface area contributed by atoms with Gasteiger partial charge in [-0.2, -0.15) is 5.10 Å². The lowest BCUT2D eigenvalue weighted by atomic mass is 10.3. The van der Waals surface area contributed by atoms with Gasteiger partial charge in [0.2, 0.25) is 5.69 Å². The molecule has 0 aliphatic carbocycles. The number of halogens is 3. The largest absolute Gasteiger partial charge is 0.573 e. The van der Waals surface area contributed by atoms with Crippen LogP contribution in [0.3, 0.4) is 0 Å². The van der Waals surface area contributed by atoms with Crippen LogP contribution in [-0.2, 0) is 0 Å². The van der Waals surface area contributed by atoms with Crippen LogP contribution in [0.1, 0.15) is 10.5 Å².